The number of rotatable bonds is 4. The number of sulfonamides is 1. The second-order valence-corrected chi connectivity index (χ2v) is 9.98. The van der Waals surface area contributed by atoms with E-state index in [0.29, 0.717) is 32.0 Å². The van der Waals surface area contributed by atoms with Crippen molar-refractivity contribution in [2.75, 3.05) is 26.2 Å². The molecule has 1 aromatic rings. The lowest BCUT2D eigenvalue weighted by Crippen LogP contribution is -2.56. The number of hydrogen-bond donors (Lipinski definition) is 0. The van der Waals surface area contributed by atoms with E-state index in [0.717, 1.165) is 6.42 Å². The molecular formula is C17H24N4O4S. The molecule has 3 saturated heterocycles. The Labute approximate surface area is 153 Å². The Morgan fingerprint density at radius 1 is 1.38 bits per heavy atom. The summed E-state index contributed by atoms with van der Waals surface area (Å²) in [4.78, 5) is 22.5. The number of fused-ring (bicyclic) bond motifs is 1. The molecule has 26 heavy (non-hydrogen) atoms. The zero-order valence-electron chi connectivity index (χ0n) is 15.0. The van der Waals surface area contributed by atoms with Crippen LogP contribution in [0.2, 0.25) is 0 Å². The SMILES string of the molecule is CC(C)CCN1C[C@@]23CN(C(=O)c4cnccn4)C[C@@H](C[C@@H]2S1(=O)=O)O3. The maximum atomic E-state index is 13.0. The summed E-state index contributed by atoms with van der Waals surface area (Å²) in [6, 6.07) is 0. The lowest BCUT2D eigenvalue weighted by molar-refractivity contribution is -0.0978. The van der Waals surface area contributed by atoms with E-state index in [-0.39, 0.29) is 24.2 Å². The molecule has 0 saturated carbocycles. The van der Waals surface area contributed by atoms with Crippen molar-refractivity contribution in [1.82, 2.24) is 19.2 Å². The number of carbonyl (C=O) groups excluding carboxylic acids is 1. The molecule has 0 N–H and O–H groups in total. The molecular weight excluding hydrogens is 356 g/mol. The second kappa shape index (κ2) is 6.24. The molecule has 0 unspecified atom stereocenters. The summed E-state index contributed by atoms with van der Waals surface area (Å²) < 4.78 is 33.7. The summed E-state index contributed by atoms with van der Waals surface area (Å²) in [6.07, 6.45) is 5.46. The zero-order valence-corrected chi connectivity index (χ0v) is 15.9. The highest BCUT2D eigenvalue weighted by atomic mass is 32.2. The molecule has 3 atom stereocenters. The van der Waals surface area contributed by atoms with Gasteiger partial charge in [-0.25, -0.2) is 13.4 Å². The maximum Gasteiger partial charge on any atom is 0.274 e. The van der Waals surface area contributed by atoms with E-state index in [2.05, 4.69) is 23.8 Å². The van der Waals surface area contributed by atoms with Crippen molar-refractivity contribution in [3.05, 3.63) is 24.3 Å². The van der Waals surface area contributed by atoms with Gasteiger partial charge in [0.2, 0.25) is 10.0 Å². The maximum absolute atomic E-state index is 13.0. The van der Waals surface area contributed by atoms with Gasteiger partial charge in [0.15, 0.2) is 0 Å². The normalized spacial score (nSPS) is 32.8. The number of carbonyl (C=O) groups is 1. The molecule has 3 aliphatic heterocycles. The Balaban J connectivity index is 1.57. The molecule has 8 nitrogen and oxygen atoms in total. The average molecular weight is 380 g/mol. The first kappa shape index (κ1) is 17.8. The zero-order chi connectivity index (χ0) is 18.5. The highest BCUT2D eigenvalue weighted by molar-refractivity contribution is 7.90. The third kappa shape index (κ3) is 2.82. The van der Waals surface area contributed by atoms with Crippen LogP contribution in [0.15, 0.2) is 18.6 Å². The van der Waals surface area contributed by atoms with E-state index >= 15 is 0 Å². The van der Waals surface area contributed by atoms with E-state index in [9.17, 15) is 13.2 Å². The minimum absolute atomic E-state index is 0.218. The predicted molar refractivity (Wildman–Crippen MR) is 93.9 cm³/mol. The topological polar surface area (TPSA) is 92.7 Å². The van der Waals surface area contributed by atoms with Crippen molar-refractivity contribution in [3.63, 3.8) is 0 Å². The number of nitrogens with zero attached hydrogens (tertiary/aromatic N) is 4. The molecule has 9 heteroatoms. The smallest absolute Gasteiger partial charge is 0.274 e. The summed E-state index contributed by atoms with van der Waals surface area (Å²) in [5.74, 6) is 0.211. The van der Waals surface area contributed by atoms with Crippen LogP contribution >= 0.6 is 0 Å². The minimum atomic E-state index is -3.40. The summed E-state index contributed by atoms with van der Waals surface area (Å²) in [5, 5.41) is -0.563. The van der Waals surface area contributed by atoms with Gasteiger partial charge in [0.1, 0.15) is 16.5 Å². The molecule has 1 spiro atoms. The van der Waals surface area contributed by atoms with Crippen LogP contribution in [0, 0.1) is 5.92 Å². The van der Waals surface area contributed by atoms with E-state index in [1.165, 1.54) is 18.6 Å². The van der Waals surface area contributed by atoms with Crippen LogP contribution in [0.4, 0.5) is 0 Å². The lowest BCUT2D eigenvalue weighted by atomic mass is 9.99. The van der Waals surface area contributed by atoms with Crippen molar-refractivity contribution < 1.29 is 17.9 Å². The monoisotopic (exact) mass is 380 g/mol. The fourth-order valence-electron chi connectivity index (χ4n) is 4.28. The molecule has 2 bridgehead atoms. The van der Waals surface area contributed by atoms with Gasteiger partial charge < -0.3 is 9.64 Å². The number of ether oxygens (including phenoxy) is 1. The summed E-state index contributed by atoms with van der Waals surface area (Å²) in [6.45, 7) is 5.67. The Bertz CT molecular complexity index is 800. The van der Waals surface area contributed by atoms with Crippen LogP contribution in [0.3, 0.4) is 0 Å². The van der Waals surface area contributed by atoms with Crippen LogP contribution < -0.4 is 0 Å². The second-order valence-electron chi connectivity index (χ2n) is 7.87. The fourth-order valence-corrected chi connectivity index (χ4v) is 6.60. The molecule has 0 aromatic carbocycles. The van der Waals surface area contributed by atoms with Crippen molar-refractivity contribution in [2.24, 2.45) is 5.92 Å². The van der Waals surface area contributed by atoms with Gasteiger partial charge in [-0.2, -0.15) is 4.31 Å². The first-order valence-corrected chi connectivity index (χ1v) is 10.5. The summed E-state index contributed by atoms with van der Waals surface area (Å²) >= 11 is 0. The molecule has 1 aromatic heterocycles. The third-order valence-electron chi connectivity index (χ3n) is 5.54. The largest absolute Gasteiger partial charge is 0.365 e. The van der Waals surface area contributed by atoms with Gasteiger partial charge in [0.25, 0.3) is 5.91 Å². The third-order valence-corrected chi connectivity index (χ3v) is 7.91. The average Bonchev–Trinajstić information content (AvgIpc) is 2.98. The number of likely N-dealkylation sites (tertiary alicyclic amines) is 1. The first-order valence-electron chi connectivity index (χ1n) is 9.04. The van der Waals surface area contributed by atoms with Gasteiger partial charge >= 0.3 is 0 Å². The van der Waals surface area contributed by atoms with E-state index < -0.39 is 20.9 Å². The van der Waals surface area contributed by atoms with Gasteiger partial charge in [-0.05, 0) is 18.8 Å². The standard InChI is InChI=1S/C17H24N4O4S/c1-12(2)3-6-21-11-17-10-20(16(22)14-8-18-4-5-19-14)9-13(25-17)7-15(17)26(21,23)24/h4-5,8,12-13,15H,3,6-7,9-11H2,1-2H3/t13-,15+,17+/m1/s1. The number of hydrogen-bond acceptors (Lipinski definition) is 6. The van der Waals surface area contributed by atoms with Gasteiger partial charge in [-0.15, -0.1) is 0 Å². The predicted octanol–water partition coefficient (Wildman–Crippen LogP) is 0.520. The molecule has 3 aliphatic rings. The molecule has 1 amide bonds. The van der Waals surface area contributed by atoms with Crippen molar-refractivity contribution in [2.45, 2.75) is 43.6 Å². The Morgan fingerprint density at radius 3 is 2.88 bits per heavy atom. The minimum Gasteiger partial charge on any atom is -0.365 e. The molecule has 142 valence electrons. The first-order chi connectivity index (χ1) is 12.3. The van der Waals surface area contributed by atoms with Crippen molar-refractivity contribution in [3.8, 4) is 0 Å². The van der Waals surface area contributed by atoms with E-state index in [1.807, 2.05) is 0 Å². The summed E-state index contributed by atoms with van der Waals surface area (Å²) in [7, 11) is -3.40. The molecule has 4 heterocycles. The highest BCUT2D eigenvalue weighted by Gasteiger charge is 2.65. The Morgan fingerprint density at radius 2 is 2.19 bits per heavy atom. The molecule has 3 fully saturated rings. The van der Waals surface area contributed by atoms with Crippen LogP contribution in [0.25, 0.3) is 0 Å². The summed E-state index contributed by atoms with van der Waals surface area (Å²) in [5.41, 5.74) is -0.546. The van der Waals surface area contributed by atoms with Gasteiger partial charge in [0, 0.05) is 32.0 Å². The molecule has 0 aliphatic carbocycles. The van der Waals surface area contributed by atoms with Crippen LogP contribution in [-0.2, 0) is 14.8 Å². The number of aromatic nitrogens is 2. The lowest BCUT2D eigenvalue weighted by Gasteiger charge is -2.39. The van der Waals surface area contributed by atoms with Crippen LogP contribution in [0.5, 0.6) is 0 Å². The molecule has 0 radical (unpaired) electrons. The van der Waals surface area contributed by atoms with Crippen molar-refractivity contribution >= 4 is 15.9 Å². The Hall–Kier alpha value is -1.58. The fraction of sp³-hybridized carbons (Fsp3) is 0.706. The number of amides is 1. The Kier molecular flexibility index (Phi) is 4.28. The van der Waals surface area contributed by atoms with Gasteiger partial charge in [-0.3, -0.25) is 9.78 Å². The molecule has 4 rings (SSSR count). The van der Waals surface area contributed by atoms with Crippen molar-refractivity contribution in [1.29, 1.82) is 0 Å². The van der Waals surface area contributed by atoms with Gasteiger partial charge in [-0.1, -0.05) is 13.8 Å². The van der Waals surface area contributed by atoms with Crippen LogP contribution in [-0.4, -0.2) is 76.6 Å². The quantitative estimate of drug-likeness (QED) is 0.756. The van der Waals surface area contributed by atoms with E-state index in [1.54, 1.807) is 9.21 Å². The van der Waals surface area contributed by atoms with Crippen LogP contribution in [0.1, 0.15) is 37.2 Å². The van der Waals surface area contributed by atoms with Gasteiger partial charge in [0.05, 0.1) is 18.8 Å². The van der Waals surface area contributed by atoms with E-state index in [4.69, 9.17) is 4.74 Å². The number of morpholine rings is 1. The highest BCUT2D eigenvalue weighted by Crippen LogP contribution is 2.46.